The smallest absolute Gasteiger partial charge is 0.118 e. The fraction of sp³-hybridized carbons (Fsp3) is 0.600. The van der Waals surface area contributed by atoms with Gasteiger partial charge in [0.2, 0.25) is 0 Å². The van der Waals surface area contributed by atoms with E-state index in [0.29, 0.717) is 5.92 Å². The molecule has 1 saturated carbocycles. The molecule has 0 aromatic heterocycles. The van der Waals surface area contributed by atoms with Crippen molar-refractivity contribution in [1.29, 1.82) is 0 Å². The lowest BCUT2D eigenvalue weighted by Gasteiger charge is -2.23. The molecule has 0 heterocycles. The number of nitrogens with zero attached hydrogens (tertiary/aromatic N) is 1. The Morgan fingerprint density at radius 2 is 2.00 bits per heavy atom. The predicted molar refractivity (Wildman–Crippen MR) is 72.7 cm³/mol. The maximum atomic E-state index is 9.83. The van der Waals surface area contributed by atoms with Crippen molar-refractivity contribution in [2.24, 2.45) is 5.92 Å². The zero-order chi connectivity index (χ0) is 13.0. The van der Waals surface area contributed by atoms with Gasteiger partial charge in [0.25, 0.3) is 0 Å². The lowest BCUT2D eigenvalue weighted by atomic mass is 10.1. The Hall–Kier alpha value is -1.06. The van der Waals surface area contributed by atoms with Crippen molar-refractivity contribution >= 4 is 0 Å². The van der Waals surface area contributed by atoms with Crippen LogP contribution in [-0.2, 0) is 6.54 Å². The number of aliphatic hydroxyl groups is 1. The van der Waals surface area contributed by atoms with Crippen molar-refractivity contribution in [2.45, 2.75) is 31.9 Å². The quantitative estimate of drug-likeness (QED) is 0.869. The van der Waals surface area contributed by atoms with Crippen molar-refractivity contribution in [2.75, 3.05) is 20.7 Å². The Morgan fingerprint density at radius 1 is 1.28 bits per heavy atom. The second-order valence-corrected chi connectivity index (χ2v) is 5.30. The van der Waals surface area contributed by atoms with Gasteiger partial charge in [0.15, 0.2) is 0 Å². The van der Waals surface area contributed by atoms with E-state index in [1.807, 2.05) is 12.1 Å². The maximum Gasteiger partial charge on any atom is 0.118 e. The third kappa shape index (κ3) is 3.47. The lowest BCUT2D eigenvalue weighted by molar-refractivity contribution is 0.108. The molecule has 1 fully saturated rings. The van der Waals surface area contributed by atoms with Crippen molar-refractivity contribution < 1.29 is 9.84 Å². The third-order valence-corrected chi connectivity index (χ3v) is 3.78. The average molecular weight is 249 g/mol. The highest BCUT2D eigenvalue weighted by atomic mass is 16.5. The second kappa shape index (κ2) is 6.21. The van der Waals surface area contributed by atoms with Gasteiger partial charge in [-0.25, -0.2) is 0 Å². The summed E-state index contributed by atoms with van der Waals surface area (Å²) in [5.74, 6) is 1.35. The average Bonchev–Trinajstić information content (AvgIpc) is 2.76. The van der Waals surface area contributed by atoms with Crippen LogP contribution < -0.4 is 4.74 Å². The Labute approximate surface area is 109 Å². The Bertz CT molecular complexity index is 363. The Balaban J connectivity index is 1.84. The number of hydrogen-bond donors (Lipinski definition) is 1. The maximum absolute atomic E-state index is 9.83. The second-order valence-electron chi connectivity index (χ2n) is 5.30. The molecule has 0 radical (unpaired) electrons. The molecule has 1 aromatic carbocycles. The van der Waals surface area contributed by atoms with Gasteiger partial charge in [-0.3, -0.25) is 0 Å². The van der Waals surface area contributed by atoms with Crippen molar-refractivity contribution in [3.05, 3.63) is 29.8 Å². The summed E-state index contributed by atoms with van der Waals surface area (Å²) in [5.41, 5.74) is 1.28. The first kappa shape index (κ1) is 13.4. The molecule has 0 saturated heterocycles. The van der Waals surface area contributed by atoms with Gasteiger partial charge >= 0.3 is 0 Å². The molecule has 0 spiro atoms. The zero-order valence-corrected chi connectivity index (χ0v) is 11.3. The minimum atomic E-state index is -0.0942. The van der Waals surface area contributed by atoms with E-state index in [1.54, 1.807) is 7.11 Å². The summed E-state index contributed by atoms with van der Waals surface area (Å²) in [5, 5.41) is 9.83. The number of hydrogen-bond acceptors (Lipinski definition) is 3. The standard InChI is InChI=1S/C15H23NO2/c1-16(11-13-4-3-5-15(13)17)10-12-6-8-14(18-2)9-7-12/h6-9,13,15,17H,3-5,10-11H2,1-2H3. The molecule has 2 rings (SSSR count). The molecule has 1 N–H and O–H groups in total. The molecule has 2 unspecified atom stereocenters. The van der Waals surface area contributed by atoms with Gasteiger partial charge < -0.3 is 14.7 Å². The van der Waals surface area contributed by atoms with Gasteiger partial charge in [-0.15, -0.1) is 0 Å². The number of benzene rings is 1. The zero-order valence-electron chi connectivity index (χ0n) is 11.3. The summed E-state index contributed by atoms with van der Waals surface area (Å²) in [6, 6.07) is 8.18. The van der Waals surface area contributed by atoms with Crippen molar-refractivity contribution in [1.82, 2.24) is 4.90 Å². The molecular weight excluding hydrogens is 226 g/mol. The summed E-state index contributed by atoms with van der Waals surface area (Å²) in [7, 11) is 3.80. The van der Waals surface area contributed by atoms with Crippen LogP contribution in [0.4, 0.5) is 0 Å². The van der Waals surface area contributed by atoms with E-state index in [9.17, 15) is 5.11 Å². The van der Waals surface area contributed by atoms with Crippen LogP contribution in [0.3, 0.4) is 0 Å². The molecule has 1 aliphatic rings. The van der Waals surface area contributed by atoms with E-state index in [0.717, 1.165) is 31.7 Å². The van der Waals surface area contributed by atoms with Crippen molar-refractivity contribution in [3.8, 4) is 5.75 Å². The van der Waals surface area contributed by atoms with Gasteiger partial charge in [-0.2, -0.15) is 0 Å². The first-order valence-electron chi connectivity index (χ1n) is 6.68. The minimum absolute atomic E-state index is 0.0942. The molecule has 0 amide bonds. The highest BCUT2D eigenvalue weighted by Crippen LogP contribution is 2.26. The summed E-state index contributed by atoms with van der Waals surface area (Å²) in [4.78, 5) is 2.29. The predicted octanol–water partition coefficient (Wildman–Crippen LogP) is 2.29. The normalized spacial score (nSPS) is 23.6. The molecule has 100 valence electrons. The third-order valence-electron chi connectivity index (χ3n) is 3.78. The molecule has 3 heteroatoms. The van der Waals surface area contributed by atoms with Crippen LogP contribution >= 0.6 is 0 Å². The first-order chi connectivity index (χ1) is 8.69. The molecule has 0 aliphatic heterocycles. The highest BCUT2D eigenvalue weighted by Gasteiger charge is 2.25. The Kier molecular flexibility index (Phi) is 4.61. The van der Waals surface area contributed by atoms with Gasteiger partial charge in [0.1, 0.15) is 5.75 Å². The van der Waals surface area contributed by atoms with Gasteiger partial charge in [0.05, 0.1) is 13.2 Å². The van der Waals surface area contributed by atoms with Gasteiger partial charge in [-0.05, 0) is 43.5 Å². The lowest BCUT2D eigenvalue weighted by Crippen LogP contribution is -2.29. The van der Waals surface area contributed by atoms with Crippen LogP contribution in [0.15, 0.2) is 24.3 Å². The summed E-state index contributed by atoms with van der Waals surface area (Å²) in [6.07, 6.45) is 3.21. The fourth-order valence-electron chi connectivity index (χ4n) is 2.74. The highest BCUT2D eigenvalue weighted by molar-refractivity contribution is 5.27. The number of aliphatic hydroxyl groups excluding tert-OH is 1. The van der Waals surface area contributed by atoms with Crippen LogP contribution in [0.5, 0.6) is 5.75 Å². The van der Waals surface area contributed by atoms with Crippen molar-refractivity contribution in [3.63, 3.8) is 0 Å². The van der Waals surface area contributed by atoms with E-state index in [-0.39, 0.29) is 6.10 Å². The SMILES string of the molecule is COc1ccc(CN(C)CC2CCCC2O)cc1. The molecular formula is C15H23NO2. The van der Waals surface area contributed by atoms with E-state index in [2.05, 4.69) is 24.1 Å². The monoisotopic (exact) mass is 249 g/mol. The Morgan fingerprint density at radius 3 is 2.56 bits per heavy atom. The molecule has 3 nitrogen and oxygen atoms in total. The number of ether oxygens (including phenoxy) is 1. The largest absolute Gasteiger partial charge is 0.497 e. The van der Waals surface area contributed by atoms with Crippen LogP contribution in [0, 0.1) is 5.92 Å². The molecule has 1 aromatic rings. The van der Waals surface area contributed by atoms with Crippen LogP contribution in [0.2, 0.25) is 0 Å². The van der Waals surface area contributed by atoms with Crippen LogP contribution in [0.1, 0.15) is 24.8 Å². The van der Waals surface area contributed by atoms with Gasteiger partial charge in [-0.1, -0.05) is 18.6 Å². The van der Waals surface area contributed by atoms with Crippen LogP contribution in [0.25, 0.3) is 0 Å². The molecule has 18 heavy (non-hydrogen) atoms. The summed E-state index contributed by atoms with van der Waals surface area (Å²) < 4.78 is 5.15. The molecule has 2 atom stereocenters. The first-order valence-corrected chi connectivity index (χ1v) is 6.68. The molecule has 1 aliphatic carbocycles. The van der Waals surface area contributed by atoms with Gasteiger partial charge in [0, 0.05) is 13.1 Å². The van der Waals surface area contributed by atoms with E-state index in [1.165, 1.54) is 12.0 Å². The van der Waals surface area contributed by atoms with E-state index < -0.39 is 0 Å². The fourth-order valence-corrected chi connectivity index (χ4v) is 2.74. The van der Waals surface area contributed by atoms with E-state index in [4.69, 9.17) is 4.74 Å². The van der Waals surface area contributed by atoms with E-state index >= 15 is 0 Å². The summed E-state index contributed by atoms with van der Waals surface area (Å²) >= 11 is 0. The minimum Gasteiger partial charge on any atom is -0.497 e. The number of rotatable bonds is 5. The molecule has 0 bridgehead atoms. The topological polar surface area (TPSA) is 32.7 Å². The number of methoxy groups -OCH3 is 1. The van der Waals surface area contributed by atoms with Crippen LogP contribution in [-0.4, -0.2) is 36.8 Å². The summed E-state index contributed by atoms with van der Waals surface area (Å²) in [6.45, 7) is 1.90.